The molecule has 46 heavy (non-hydrogen) atoms. The van der Waals surface area contributed by atoms with Gasteiger partial charge in [0.2, 0.25) is 0 Å². The Kier molecular flexibility index (Phi) is 6.93. The molecule has 0 aliphatic rings. The Labute approximate surface area is 268 Å². The van der Waals surface area contributed by atoms with Crippen LogP contribution in [-0.4, -0.2) is 4.57 Å². The normalized spacial score (nSPS) is 11.1. The highest BCUT2D eigenvalue weighted by atomic mass is 15.0. The van der Waals surface area contributed by atoms with E-state index in [0.717, 1.165) is 61.9 Å². The van der Waals surface area contributed by atoms with E-state index in [4.69, 9.17) is 5.73 Å². The van der Waals surface area contributed by atoms with Crippen LogP contribution >= 0.6 is 0 Å². The van der Waals surface area contributed by atoms with Gasteiger partial charge in [-0.2, -0.15) is 0 Å². The van der Waals surface area contributed by atoms with Crippen LogP contribution in [-0.2, 0) is 0 Å². The molecule has 8 aromatic rings. The van der Waals surface area contributed by atoms with Crippen molar-refractivity contribution in [2.45, 2.75) is 0 Å². The predicted octanol–water partition coefficient (Wildman–Crippen LogP) is 11.2. The second-order valence-corrected chi connectivity index (χ2v) is 11.5. The Morgan fingerprint density at radius 1 is 0.435 bits per heavy atom. The maximum Gasteiger partial charge on any atom is 0.0619 e. The van der Waals surface area contributed by atoms with Gasteiger partial charge in [0, 0.05) is 56.0 Å². The lowest BCUT2D eigenvalue weighted by Crippen LogP contribution is -1.97. The van der Waals surface area contributed by atoms with E-state index in [2.05, 4.69) is 149 Å². The fraction of sp³-hybridized carbons (Fsp3) is 0. The van der Waals surface area contributed by atoms with Crippen LogP contribution in [0.4, 0.5) is 28.4 Å². The summed E-state index contributed by atoms with van der Waals surface area (Å²) in [5.74, 6) is 0. The van der Waals surface area contributed by atoms with Gasteiger partial charge in [-0.3, -0.25) is 0 Å². The minimum absolute atomic E-state index is 0.750. The van der Waals surface area contributed by atoms with E-state index >= 15 is 0 Å². The highest BCUT2D eigenvalue weighted by Crippen LogP contribution is 2.41. The molecule has 0 amide bonds. The molecule has 0 bridgehead atoms. The van der Waals surface area contributed by atoms with Crippen LogP contribution in [0.1, 0.15) is 0 Å². The molecule has 0 unspecified atom stereocenters. The highest BCUT2D eigenvalue weighted by Gasteiger charge is 2.18. The van der Waals surface area contributed by atoms with Gasteiger partial charge in [-0.15, -0.1) is 0 Å². The summed E-state index contributed by atoms with van der Waals surface area (Å²) in [5.41, 5.74) is 18.9. The molecule has 4 N–H and O–H groups in total. The van der Waals surface area contributed by atoms with E-state index in [1.807, 2.05) is 36.4 Å². The zero-order chi connectivity index (χ0) is 30.9. The molecule has 0 aliphatic heterocycles. The van der Waals surface area contributed by atoms with E-state index in [-0.39, 0.29) is 0 Å². The number of fused-ring (bicyclic) bond motifs is 3. The summed E-state index contributed by atoms with van der Waals surface area (Å²) in [6, 6.07) is 59.3. The number of hydrogen-bond donors (Lipinski definition) is 3. The quantitative estimate of drug-likeness (QED) is 0.161. The number of nitrogens with one attached hydrogen (secondary N) is 2. The molecule has 1 aromatic heterocycles. The molecule has 0 fully saturated rings. The molecule has 7 aromatic carbocycles. The molecule has 0 radical (unpaired) electrons. The van der Waals surface area contributed by atoms with Crippen LogP contribution in [0.25, 0.3) is 49.7 Å². The molecular weight excluding hydrogens is 560 g/mol. The van der Waals surface area contributed by atoms with Crippen molar-refractivity contribution in [3.05, 3.63) is 170 Å². The zero-order valence-electron chi connectivity index (χ0n) is 25.2. The average molecular weight is 593 g/mol. The minimum Gasteiger partial charge on any atom is -0.399 e. The lowest BCUT2D eigenvalue weighted by molar-refractivity contribution is 1.18. The Morgan fingerprint density at radius 3 is 1.80 bits per heavy atom. The lowest BCUT2D eigenvalue weighted by atomic mass is 9.96. The van der Waals surface area contributed by atoms with Gasteiger partial charge in [0.1, 0.15) is 0 Å². The first-order chi connectivity index (χ1) is 22.7. The number of aromatic nitrogens is 1. The predicted molar refractivity (Wildman–Crippen MR) is 196 cm³/mol. The van der Waals surface area contributed by atoms with Crippen molar-refractivity contribution in [3.8, 4) is 27.9 Å². The number of nitrogen functional groups attached to an aromatic ring is 1. The maximum absolute atomic E-state index is 6.04. The van der Waals surface area contributed by atoms with Crippen molar-refractivity contribution in [1.29, 1.82) is 0 Å². The number of anilines is 5. The molecule has 1 heterocycles. The average Bonchev–Trinajstić information content (AvgIpc) is 3.44. The van der Waals surface area contributed by atoms with E-state index in [1.54, 1.807) is 0 Å². The molecule has 0 spiro atoms. The molecular formula is C42H32N4. The fourth-order valence-corrected chi connectivity index (χ4v) is 6.32. The standard InChI is InChI=1S/C42H32N4/c43-31-22-19-29(20-23-31)36-25-21-30(27-40(36)45-33-13-6-2-7-14-33)37-17-10-18-38-39-28-34(44-32-11-4-1-5-12-32)24-26-41(39)46(42(37)38)35-15-8-3-9-16-35/h1-28,44-45H,43H2. The maximum atomic E-state index is 6.04. The van der Waals surface area contributed by atoms with E-state index in [9.17, 15) is 0 Å². The second kappa shape index (κ2) is 11.7. The monoisotopic (exact) mass is 592 g/mol. The van der Waals surface area contributed by atoms with Crippen LogP contribution in [0.2, 0.25) is 0 Å². The molecule has 4 nitrogen and oxygen atoms in total. The molecule has 0 saturated heterocycles. The SMILES string of the molecule is Nc1ccc(-c2ccc(-c3cccc4c5cc(Nc6ccccc6)ccc5n(-c5ccccc5)c34)cc2Nc2ccccc2)cc1. The summed E-state index contributed by atoms with van der Waals surface area (Å²) in [5, 5.41) is 9.69. The van der Waals surface area contributed by atoms with Crippen molar-refractivity contribution in [3.63, 3.8) is 0 Å². The van der Waals surface area contributed by atoms with Crippen LogP contribution < -0.4 is 16.4 Å². The largest absolute Gasteiger partial charge is 0.399 e. The molecule has 0 aliphatic carbocycles. The Morgan fingerprint density at radius 2 is 1.09 bits per heavy atom. The fourth-order valence-electron chi connectivity index (χ4n) is 6.32. The molecule has 8 rings (SSSR count). The minimum atomic E-state index is 0.750. The Hall–Kier alpha value is -6.26. The van der Waals surface area contributed by atoms with Gasteiger partial charge in [-0.25, -0.2) is 0 Å². The van der Waals surface area contributed by atoms with E-state index in [1.165, 1.54) is 16.3 Å². The number of para-hydroxylation sites is 4. The van der Waals surface area contributed by atoms with Gasteiger partial charge in [0.25, 0.3) is 0 Å². The second-order valence-electron chi connectivity index (χ2n) is 11.5. The summed E-state index contributed by atoms with van der Waals surface area (Å²) in [4.78, 5) is 0. The van der Waals surface area contributed by atoms with E-state index in [0.29, 0.717) is 0 Å². The van der Waals surface area contributed by atoms with Crippen molar-refractivity contribution in [2.75, 3.05) is 16.4 Å². The first-order valence-corrected chi connectivity index (χ1v) is 15.5. The third-order valence-electron chi connectivity index (χ3n) is 8.47. The van der Waals surface area contributed by atoms with Crippen molar-refractivity contribution in [1.82, 2.24) is 4.57 Å². The number of hydrogen-bond acceptors (Lipinski definition) is 3. The van der Waals surface area contributed by atoms with Crippen molar-refractivity contribution >= 4 is 50.2 Å². The van der Waals surface area contributed by atoms with Gasteiger partial charge >= 0.3 is 0 Å². The highest BCUT2D eigenvalue weighted by molar-refractivity contribution is 6.14. The van der Waals surface area contributed by atoms with Gasteiger partial charge in [-0.05, 0) is 83.9 Å². The third-order valence-corrected chi connectivity index (χ3v) is 8.47. The van der Waals surface area contributed by atoms with Gasteiger partial charge < -0.3 is 20.9 Å². The van der Waals surface area contributed by atoms with Crippen LogP contribution in [0.3, 0.4) is 0 Å². The Bertz CT molecular complexity index is 2290. The summed E-state index contributed by atoms with van der Waals surface area (Å²) in [6.07, 6.45) is 0. The number of nitrogens with zero attached hydrogens (tertiary/aromatic N) is 1. The summed E-state index contributed by atoms with van der Waals surface area (Å²) in [6.45, 7) is 0. The zero-order valence-corrected chi connectivity index (χ0v) is 25.2. The lowest BCUT2D eigenvalue weighted by Gasteiger charge is -2.16. The number of benzene rings is 7. The van der Waals surface area contributed by atoms with Gasteiger partial charge in [0.15, 0.2) is 0 Å². The Balaban J connectivity index is 1.34. The first kappa shape index (κ1) is 27.3. The number of nitrogens with two attached hydrogens (primary N) is 1. The topological polar surface area (TPSA) is 55.0 Å². The van der Waals surface area contributed by atoms with Crippen molar-refractivity contribution < 1.29 is 0 Å². The summed E-state index contributed by atoms with van der Waals surface area (Å²) in [7, 11) is 0. The summed E-state index contributed by atoms with van der Waals surface area (Å²) < 4.78 is 2.39. The third kappa shape index (κ3) is 5.12. The van der Waals surface area contributed by atoms with Crippen molar-refractivity contribution in [2.24, 2.45) is 0 Å². The van der Waals surface area contributed by atoms with Crippen LogP contribution in [0.5, 0.6) is 0 Å². The first-order valence-electron chi connectivity index (χ1n) is 15.5. The van der Waals surface area contributed by atoms with Gasteiger partial charge in [0.05, 0.1) is 11.0 Å². The van der Waals surface area contributed by atoms with Gasteiger partial charge in [-0.1, -0.05) is 97.1 Å². The van der Waals surface area contributed by atoms with Crippen LogP contribution in [0, 0.1) is 0 Å². The number of rotatable bonds is 7. The van der Waals surface area contributed by atoms with E-state index < -0.39 is 0 Å². The smallest absolute Gasteiger partial charge is 0.0619 e. The molecule has 0 saturated carbocycles. The molecule has 4 heteroatoms. The summed E-state index contributed by atoms with van der Waals surface area (Å²) >= 11 is 0. The molecule has 0 atom stereocenters. The van der Waals surface area contributed by atoms with Crippen LogP contribution in [0.15, 0.2) is 170 Å². The molecule has 220 valence electrons.